The van der Waals surface area contributed by atoms with E-state index in [0.717, 1.165) is 35.7 Å². The van der Waals surface area contributed by atoms with E-state index in [0.29, 0.717) is 11.4 Å². The highest BCUT2D eigenvalue weighted by molar-refractivity contribution is 6.05. The molecule has 1 amide bonds. The average molecular weight is 375 g/mol. The van der Waals surface area contributed by atoms with Gasteiger partial charge in [-0.1, -0.05) is 29.8 Å². The molecule has 4 rings (SSSR count). The molecule has 0 radical (unpaired) electrons. The molecular weight excluding hydrogens is 350 g/mol. The average Bonchev–Trinajstić information content (AvgIpc) is 3.32. The van der Waals surface area contributed by atoms with E-state index in [-0.39, 0.29) is 5.91 Å². The summed E-state index contributed by atoms with van der Waals surface area (Å²) in [6, 6.07) is 14.0. The van der Waals surface area contributed by atoms with Gasteiger partial charge in [0.15, 0.2) is 5.69 Å². The van der Waals surface area contributed by atoms with E-state index >= 15 is 0 Å². The minimum Gasteiger partial charge on any atom is -0.370 e. The van der Waals surface area contributed by atoms with Crippen LogP contribution in [0.4, 0.5) is 11.4 Å². The zero-order valence-electron chi connectivity index (χ0n) is 16.6. The molecule has 0 unspecified atom stereocenters. The monoisotopic (exact) mass is 375 g/mol. The Hall–Kier alpha value is -3.15. The van der Waals surface area contributed by atoms with Crippen LogP contribution in [0, 0.1) is 20.8 Å². The van der Waals surface area contributed by atoms with Gasteiger partial charge in [-0.15, -0.1) is 5.10 Å². The van der Waals surface area contributed by atoms with E-state index in [1.807, 2.05) is 44.2 Å². The highest BCUT2D eigenvalue weighted by Gasteiger charge is 2.20. The Labute approximate surface area is 165 Å². The molecule has 0 atom stereocenters. The fourth-order valence-corrected chi connectivity index (χ4v) is 3.72. The molecule has 28 heavy (non-hydrogen) atoms. The number of hydrogen-bond donors (Lipinski definition) is 1. The molecule has 1 saturated heterocycles. The third-order valence-electron chi connectivity index (χ3n) is 5.16. The molecule has 2 aromatic carbocycles. The molecule has 1 aliphatic rings. The summed E-state index contributed by atoms with van der Waals surface area (Å²) in [5.41, 5.74) is 5.96. The zero-order valence-corrected chi connectivity index (χ0v) is 16.6. The molecule has 0 spiro atoms. The number of nitrogens with one attached hydrogen (secondary N) is 1. The summed E-state index contributed by atoms with van der Waals surface area (Å²) in [6.45, 7) is 7.93. The number of benzene rings is 2. The third-order valence-corrected chi connectivity index (χ3v) is 5.16. The van der Waals surface area contributed by atoms with Gasteiger partial charge >= 0.3 is 0 Å². The number of carbonyl (C=O) groups excluding carboxylic acids is 1. The molecule has 3 aromatic rings. The summed E-state index contributed by atoms with van der Waals surface area (Å²) in [4.78, 5) is 16.8. The van der Waals surface area contributed by atoms with Crippen molar-refractivity contribution in [3.05, 3.63) is 65.0 Å². The molecule has 6 heteroatoms. The minimum atomic E-state index is -0.236. The lowest BCUT2D eigenvalue weighted by Gasteiger charge is -2.21. The van der Waals surface area contributed by atoms with Crippen molar-refractivity contribution in [1.82, 2.24) is 15.0 Å². The molecule has 6 nitrogen and oxygen atoms in total. The van der Waals surface area contributed by atoms with Gasteiger partial charge in [0.25, 0.3) is 5.91 Å². The largest absolute Gasteiger partial charge is 0.370 e. The first-order valence-electron chi connectivity index (χ1n) is 9.70. The SMILES string of the molecule is Cc1ccc(-n2nc(C)c(C(=O)Nc3ccccc3N3CCCC3)n2)c(C)c1. The van der Waals surface area contributed by atoms with E-state index in [1.54, 1.807) is 4.80 Å². The predicted molar refractivity (Wildman–Crippen MR) is 111 cm³/mol. The normalized spacial score (nSPS) is 13.8. The van der Waals surface area contributed by atoms with Crippen molar-refractivity contribution in [2.45, 2.75) is 33.6 Å². The van der Waals surface area contributed by atoms with E-state index in [4.69, 9.17) is 0 Å². The molecule has 0 bridgehead atoms. The zero-order chi connectivity index (χ0) is 19.7. The van der Waals surface area contributed by atoms with Gasteiger partial charge in [-0.3, -0.25) is 4.79 Å². The van der Waals surface area contributed by atoms with Gasteiger partial charge in [0.05, 0.1) is 22.8 Å². The summed E-state index contributed by atoms with van der Waals surface area (Å²) in [5.74, 6) is -0.236. The fraction of sp³-hybridized carbons (Fsp3) is 0.318. The first-order valence-corrected chi connectivity index (χ1v) is 9.70. The van der Waals surface area contributed by atoms with E-state index in [9.17, 15) is 4.79 Å². The van der Waals surface area contributed by atoms with Crippen LogP contribution in [0.3, 0.4) is 0 Å². The lowest BCUT2D eigenvalue weighted by Crippen LogP contribution is -2.21. The summed E-state index contributed by atoms with van der Waals surface area (Å²) in [5, 5.41) is 12.0. The topological polar surface area (TPSA) is 63.1 Å². The number of carbonyl (C=O) groups is 1. The third kappa shape index (κ3) is 3.50. The number of para-hydroxylation sites is 2. The van der Waals surface area contributed by atoms with Crippen LogP contribution in [0.15, 0.2) is 42.5 Å². The van der Waals surface area contributed by atoms with E-state index < -0.39 is 0 Å². The molecule has 1 fully saturated rings. The maximum absolute atomic E-state index is 12.9. The summed E-state index contributed by atoms with van der Waals surface area (Å²) >= 11 is 0. The second kappa shape index (κ2) is 7.46. The number of nitrogens with zero attached hydrogens (tertiary/aromatic N) is 4. The molecule has 1 aromatic heterocycles. The van der Waals surface area contributed by atoms with Crippen LogP contribution in [0.1, 0.15) is 40.2 Å². The van der Waals surface area contributed by atoms with E-state index in [2.05, 4.69) is 39.5 Å². The van der Waals surface area contributed by atoms with Gasteiger partial charge in [-0.25, -0.2) is 0 Å². The lowest BCUT2D eigenvalue weighted by atomic mass is 10.1. The smallest absolute Gasteiger partial charge is 0.278 e. The van der Waals surface area contributed by atoms with Gasteiger partial charge in [-0.05, 0) is 57.4 Å². The van der Waals surface area contributed by atoms with Crippen LogP contribution in [0.25, 0.3) is 5.69 Å². The molecule has 2 heterocycles. The Bertz CT molecular complexity index is 1020. The Morgan fingerprint density at radius 1 is 0.964 bits per heavy atom. The summed E-state index contributed by atoms with van der Waals surface area (Å²) in [7, 11) is 0. The van der Waals surface area contributed by atoms with Crippen molar-refractivity contribution < 1.29 is 4.79 Å². The molecule has 0 aliphatic carbocycles. The van der Waals surface area contributed by atoms with Crippen LogP contribution >= 0.6 is 0 Å². The lowest BCUT2D eigenvalue weighted by molar-refractivity contribution is 0.102. The van der Waals surface area contributed by atoms with Crippen LogP contribution in [0.5, 0.6) is 0 Å². The summed E-state index contributed by atoms with van der Waals surface area (Å²) < 4.78 is 0. The van der Waals surface area contributed by atoms with E-state index in [1.165, 1.54) is 18.4 Å². The number of aryl methyl sites for hydroxylation is 3. The van der Waals surface area contributed by atoms with Crippen LogP contribution in [0.2, 0.25) is 0 Å². The van der Waals surface area contributed by atoms with Crippen LogP contribution in [-0.4, -0.2) is 34.0 Å². The van der Waals surface area contributed by atoms with Gasteiger partial charge in [0.1, 0.15) is 0 Å². The van der Waals surface area contributed by atoms with Crippen LogP contribution < -0.4 is 10.2 Å². The number of amides is 1. The van der Waals surface area contributed by atoms with Gasteiger partial charge in [-0.2, -0.15) is 9.90 Å². The Balaban J connectivity index is 1.61. The second-order valence-corrected chi connectivity index (χ2v) is 7.38. The maximum atomic E-state index is 12.9. The standard InChI is InChI=1S/C22H25N5O/c1-15-10-11-19(16(2)14-15)27-24-17(3)21(25-27)22(28)23-18-8-4-5-9-20(18)26-12-6-7-13-26/h4-5,8-11,14H,6-7,12-13H2,1-3H3,(H,23,28). The first kappa shape index (κ1) is 18.2. The van der Waals surface area contributed by atoms with Crippen molar-refractivity contribution >= 4 is 17.3 Å². The van der Waals surface area contributed by atoms with Gasteiger partial charge < -0.3 is 10.2 Å². The molecule has 0 saturated carbocycles. The van der Waals surface area contributed by atoms with Crippen molar-refractivity contribution in [2.24, 2.45) is 0 Å². The maximum Gasteiger partial charge on any atom is 0.278 e. The number of rotatable bonds is 4. The van der Waals surface area contributed by atoms with Crippen molar-refractivity contribution in [3.8, 4) is 5.69 Å². The summed E-state index contributed by atoms with van der Waals surface area (Å²) in [6.07, 6.45) is 2.37. The number of hydrogen-bond acceptors (Lipinski definition) is 4. The molecule has 144 valence electrons. The minimum absolute atomic E-state index is 0.236. The Morgan fingerprint density at radius 2 is 1.71 bits per heavy atom. The van der Waals surface area contributed by atoms with Crippen molar-refractivity contribution in [3.63, 3.8) is 0 Å². The van der Waals surface area contributed by atoms with Crippen molar-refractivity contribution in [2.75, 3.05) is 23.3 Å². The van der Waals surface area contributed by atoms with Gasteiger partial charge in [0, 0.05) is 13.1 Å². The Kier molecular flexibility index (Phi) is 4.86. The number of anilines is 2. The van der Waals surface area contributed by atoms with Gasteiger partial charge in [0.2, 0.25) is 0 Å². The first-order chi connectivity index (χ1) is 13.5. The van der Waals surface area contributed by atoms with Crippen LogP contribution in [-0.2, 0) is 0 Å². The highest BCUT2D eigenvalue weighted by Crippen LogP contribution is 2.29. The molecule has 1 N–H and O–H groups in total. The predicted octanol–water partition coefficient (Wildman–Crippen LogP) is 4.05. The fourth-order valence-electron chi connectivity index (χ4n) is 3.72. The molecule has 1 aliphatic heterocycles. The number of aromatic nitrogens is 3. The highest BCUT2D eigenvalue weighted by atomic mass is 16.2. The quantitative estimate of drug-likeness (QED) is 0.747. The second-order valence-electron chi connectivity index (χ2n) is 7.38. The Morgan fingerprint density at radius 3 is 2.46 bits per heavy atom. The molecular formula is C22H25N5O. The van der Waals surface area contributed by atoms with Crippen molar-refractivity contribution in [1.29, 1.82) is 0 Å².